The Hall–Kier alpha value is -2.26. The molecule has 5 nitrogen and oxygen atoms in total. The van der Waals surface area contributed by atoms with Gasteiger partial charge in [-0.25, -0.2) is 8.42 Å². The summed E-state index contributed by atoms with van der Waals surface area (Å²) >= 11 is 5.86. The van der Waals surface area contributed by atoms with Crippen molar-refractivity contribution in [1.82, 2.24) is 5.32 Å². The second kappa shape index (κ2) is 7.87. The highest BCUT2D eigenvalue weighted by molar-refractivity contribution is 7.92. The third-order valence-corrected chi connectivity index (χ3v) is 6.33. The van der Waals surface area contributed by atoms with Gasteiger partial charge in [0.15, 0.2) is 0 Å². The van der Waals surface area contributed by atoms with Crippen LogP contribution in [0.2, 0.25) is 5.02 Å². The zero-order valence-corrected chi connectivity index (χ0v) is 16.8. The van der Waals surface area contributed by atoms with Crippen LogP contribution in [0.25, 0.3) is 0 Å². The number of hydrogen-bond donors (Lipinski definition) is 2. The molecule has 0 spiro atoms. The third-order valence-electron chi connectivity index (χ3n) is 4.63. The van der Waals surface area contributed by atoms with Gasteiger partial charge in [-0.05, 0) is 62.1 Å². The van der Waals surface area contributed by atoms with Crippen LogP contribution in [0.3, 0.4) is 0 Å². The van der Waals surface area contributed by atoms with Gasteiger partial charge >= 0.3 is 6.18 Å². The van der Waals surface area contributed by atoms with Gasteiger partial charge in [-0.3, -0.25) is 9.52 Å². The molecule has 0 saturated heterocycles. The number of benzene rings is 2. The summed E-state index contributed by atoms with van der Waals surface area (Å²) in [5.74, 6) is 0.00846. The average Bonchev–Trinajstić information content (AvgIpc) is 3.48. The molecule has 1 saturated carbocycles. The number of carbonyl (C=O) groups is 1. The molecule has 2 aromatic carbocycles. The maximum atomic E-state index is 12.9. The second-order valence-corrected chi connectivity index (χ2v) is 9.01. The highest BCUT2D eigenvalue weighted by atomic mass is 35.5. The van der Waals surface area contributed by atoms with Crippen molar-refractivity contribution in [2.24, 2.45) is 5.92 Å². The van der Waals surface area contributed by atoms with Gasteiger partial charge < -0.3 is 5.32 Å². The summed E-state index contributed by atoms with van der Waals surface area (Å²) in [4.78, 5) is 12.1. The van der Waals surface area contributed by atoms with E-state index in [0.29, 0.717) is 12.0 Å². The molecule has 2 aromatic rings. The van der Waals surface area contributed by atoms with Crippen LogP contribution in [-0.2, 0) is 16.2 Å². The van der Waals surface area contributed by atoms with Crippen molar-refractivity contribution in [2.45, 2.75) is 36.9 Å². The Bertz CT molecular complexity index is 1040. The van der Waals surface area contributed by atoms with E-state index in [1.54, 1.807) is 0 Å². The molecular formula is C19H18ClF3N2O3S. The minimum Gasteiger partial charge on any atom is -0.349 e. The first-order chi connectivity index (χ1) is 13.5. The average molecular weight is 447 g/mol. The number of halogens is 4. The van der Waals surface area contributed by atoms with E-state index in [0.717, 1.165) is 25.0 Å². The molecule has 10 heteroatoms. The molecule has 0 heterocycles. The SMILES string of the molecule is C[C@H](NC(=O)c1cccc(S(=O)(=O)Nc2cc(C(F)(F)F)ccc2Cl)c1)C1CC1. The van der Waals surface area contributed by atoms with Gasteiger partial charge in [-0.2, -0.15) is 13.2 Å². The van der Waals surface area contributed by atoms with Crippen LogP contribution in [0.15, 0.2) is 47.4 Å². The fraction of sp³-hybridized carbons (Fsp3) is 0.316. The predicted octanol–water partition coefficient (Wildman–Crippen LogP) is 4.69. The van der Waals surface area contributed by atoms with E-state index < -0.39 is 33.4 Å². The molecule has 1 aliphatic carbocycles. The number of amides is 1. The van der Waals surface area contributed by atoms with Crippen LogP contribution in [0.5, 0.6) is 0 Å². The van der Waals surface area contributed by atoms with Gasteiger partial charge in [0.25, 0.3) is 15.9 Å². The topological polar surface area (TPSA) is 75.3 Å². The van der Waals surface area contributed by atoms with Gasteiger partial charge in [0.2, 0.25) is 0 Å². The standard InChI is InChI=1S/C19H18ClF3N2O3S/c1-11(12-5-6-12)24-18(26)13-3-2-4-15(9-13)29(27,28)25-17-10-14(19(21,22)23)7-8-16(17)20/h2-4,7-12,25H,5-6H2,1H3,(H,24,26)/t11-/m0/s1. The summed E-state index contributed by atoms with van der Waals surface area (Å²) in [7, 11) is -4.27. The minimum absolute atomic E-state index is 0.0233. The Labute approximate surface area is 171 Å². The fourth-order valence-corrected chi connectivity index (χ4v) is 4.13. The number of rotatable bonds is 6. The molecule has 29 heavy (non-hydrogen) atoms. The quantitative estimate of drug-likeness (QED) is 0.676. The van der Waals surface area contributed by atoms with E-state index in [4.69, 9.17) is 11.6 Å². The van der Waals surface area contributed by atoms with Crippen LogP contribution in [0.1, 0.15) is 35.7 Å². The first-order valence-electron chi connectivity index (χ1n) is 8.78. The Morgan fingerprint density at radius 1 is 1.17 bits per heavy atom. The first kappa shape index (κ1) is 21.4. The maximum absolute atomic E-state index is 12.9. The van der Waals surface area contributed by atoms with Gasteiger partial charge in [0.05, 0.1) is 21.2 Å². The van der Waals surface area contributed by atoms with Crippen molar-refractivity contribution in [1.29, 1.82) is 0 Å². The zero-order chi connectivity index (χ0) is 21.4. The molecule has 0 bridgehead atoms. The largest absolute Gasteiger partial charge is 0.416 e. The summed E-state index contributed by atoms with van der Waals surface area (Å²) in [5.41, 5.74) is -1.31. The number of sulfonamides is 1. The predicted molar refractivity (Wildman–Crippen MR) is 103 cm³/mol. The summed E-state index contributed by atoms with van der Waals surface area (Å²) in [5, 5.41) is 2.63. The van der Waals surface area contributed by atoms with Crippen LogP contribution < -0.4 is 10.0 Å². The molecule has 1 fully saturated rings. The van der Waals surface area contributed by atoms with Gasteiger partial charge in [-0.1, -0.05) is 17.7 Å². The van der Waals surface area contributed by atoms with Crippen molar-refractivity contribution in [3.8, 4) is 0 Å². The normalized spacial score (nSPS) is 15.6. The summed E-state index contributed by atoms with van der Waals surface area (Å²) in [6.07, 6.45) is -2.57. The molecular weight excluding hydrogens is 429 g/mol. The van der Waals surface area contributed by atoms with Gasteiger partial charge in [-0.15, -0.1) is 0 Å². The van der Waals surface area contributed by atoms with Crippen molar-refractivity contribution in [2.75, 3.05) is 4.72 Å². The fourth-order valence-electron chi connectivity index (χ4n) is 2.79. The van der Waals surface area contributed by atoms with E-state index in [2.05, 4.69) is 10.0 Å². The minimum atomic E-state index is -4.65. The molecule has 0 aliphatic heterocycles. The molecule has 3 rings (SSSR count). The summed E-state index contributed by atoms with van der Waals surface area (Å²) < 4.78 is 66.0. The maximum Gasteiger partial charge on any atom is 0.416 e. The van der Waals surface area contributed by atoms with Crippen molar-refractivity contribution in [3.05, 3.63) is 58.6 Å². The Morgan fingerprint density at radius 3 is 2.48 bits per heavy atom. The number of anilines is 1. The van der Waals surface area contributed by atoms with E-state index >= 15 is 0 Å². The van der Waals surface area contributed by atoms with Crippen molar-refractivity contribution >= 4 is 33.2 Å². The van der Waals surface area contributed by atoms with Crippen LogP contribution in [0, 0.1) is 5.92 Å². The number of alkyl halides is 3. The van der Waals surface area contributed by atoms with Gasteiger partial charge in [0.1, 0.15) is 0 Å². The van der Waals surface area contributed by atoms with E-state index in [-0.39, 0.29) is 21.5 Å². The monoisotopic (exact) mass is 446 g/mol. The number of hydrogen-bond acceptors (Lipinski definition) is 3. The highest BCUT2D eigenvalue weighted by Gasteiger charge is 2.32. The number of nitrogens with one attached hydrogen (secondary N) is 2. The van der Waals surface area contributed by atoms with Crippen molar-refractivity contribution < 1.29 is 26.4 Å². The van der Waals surface area contributed by atoms with E-state index in [9.17, 15) is 26.4 Å². The van der Waals surface area contributed by atoms with E-state index in [1.165, 1.54) is 24.3 Å². The molecule has 1 amide bonds. The van der Waals surface area contributed by atoms with Crippen LogP contribution >= 0.6 is 11.6 Å². The summed E-state index contributed by atoms with van der Waals surface area (Å²) in [6, 6.07) is 7.57. The smallest absolute Gasteiger partial charge is 0.349 e. The Kier molecular flexibility index (Phi) is 5.82. The molecule has 0 aromatic heterocycles. The Balaban J connectivity index is 1.84. The number of carbonyl (C=O) groups excluding carboxylic acids is 1. The highest BCUT2D eigenvalue weighted by Crippen LogP contribution is 2.35. The lowest BCUT2D eigenvalue weighted by atomic mass is 10.1. The molecule has 0 radical (unpaired) electrons. The third kappa shape index (κ3) is 5.22. The lowest BCUT2D eigenvalue weighted by Crippen LogP contribution is -2.34. The zero-order valence-electron chi connectivity index (χ0n) is 15.3. The van der Waals surface area contributed by atoms with Gasteiger partial charge in [0, 0.05) is 11.6 Å². The molecule has 1 atom stereocenters. The lowest BCUT2D eigenvalue weighted by molar-refractivity contribution is -0.137. The second-order valence-electron chi connectivity index (χ2n) is 6.93. The first-order valence-corrected chi connectivity index (χ1v) is 10.6. The Morgan fingerprint density at radius 2 is 1.86 bits per heavy atom. The van der Waals surface area contributed by atoms with Crippen LogP contribution in [0.4, 0.5) is 18.9 Å². The molecule has 2 N–H and O–H groups in total. The lowest BCUT2D eigenvalue weighted by Gasteiger charge is -2.15. The summed E-state index contributed by atoms with van der Waals surface area (Å²) in [6.45, 7) is 1.88. The molecule has 156 valence electrons. The molecule has 0 unspecified atom stereocenters. The van der Waals surface area contributed by atoms with E-state index in [1.807, 2.05) is 6.92 Å². The van der Waals surface area contributed by atoms with Crippen molar-refractivity contribution in [3.63, 3.8) is 0 Å². The van der Waals surface area contributed by atoms with Crippen LogP contribution in [-0.4, -0.2) is 20.4 Å². The molecule has 1 aliphatic rings.